The van der Waals surface area contributed by atoms with E-state index in [1.165, 1.54) is 0 Å². The molecule has 0 bridgehead atoms. The summed E-state index contributed by atoms with van der Waals surface area (Å²) < 4.78 is 4.71. The van der Waals surface area contributed by atoms with E-state index in [2.05, 4.69) is 0 Å². The molecule has 0 spiro atoms. The predicted octanol–water partition coefficient (Wildman–Crippen LogP) is 1.01. The number of nitrogens with one attached hydrogen (secondary N) is 1. The summed E-state index contributed by atoms with van der Waals surface area (Å²) >= 11 is 5.75. The fourth-order valence-electron chi connectivity index (χ4n) is 1.30. The van der Waals surface area contributed by atoms with Crippen LogP contribution >= 0.6 is 11.6 Å². The molecule has 3 amide bonds. The summed E-state index contributed by atoms with van der Waals surface area (Å²) in [7, 11) is 0. The highest BCUT2D eigenvalue weighted by Gasteiger charge is 2.09. The monoisotopic (exact) mass is 271 g/mol. The summed E-state index contributed by atoms with van der Waals surface area (Å²) in [5, 5.41) is 2.42. The number of carbonyl (C=O) groups is 2. The zero-order valence-electron chi connectivity index (χ0n) is 9.56. The van der Waals surface area contributed by atoms with Crippen molar-refractivity contribution in [2.75, 3.05) is 6.61 Å². The van der Waals surface area contributed by atoms with E-state index in [0.29, 0.717) is 11.4 Å². The van der Waals surface area contributed by atoms with Gasteiger partial charge in [0.25, 0.3) is 0 Å². The molecular formula is C11H14ClN3O3. The van der Waals surface area contributed by atoms with Gasteiger partial charge in [-0.15, -0.1) is 0 Å². The average molecular weight is 272 g/mol. The van der Waals surface area contributed by atoms with E-state index < -0.39 is 12.1 Å². The summed E-state index contributed by atoms with van der Waals surface area (Å²) in [4.78, 5) is 21.3. The van der Waals surface area contributed by atoms with Gasteiger partial charge in [-0.1, -0.05) is 23.7 Å². The molecule has 0 radical (unpaired) electrons. The Morgan fingerprint density at radius 3 is 2.50 bits per heavy atom. The molecule has 0 aliphatic heterocycles. The van der Waals surface area contributed by atoms with Crippen molar-refractivity contribution >= 4 is 23.7 Å². The van der Waals surface area contributed by atoms with Crippen LogP contribution < -0.4 is 16.8 Å². The van der Waals surface area contributed by atoms with Crippen molar-refractivity contribution in [3.63, 3.8) is 0 Å². The van der Waals surface area contributed by atoms with Crippen molar-refractivity contribution in [1.29, 1.82) is 0 Å². The summed E-state index contributed by atoms with van der Waals surface area (Å²) in [5.41, 5.74) is 11.5. The van der Waals surface area contributed by atoms with Crippen LogP contribution in [0.2, 0.25) is 5.02 Å². The van der Waals surface area contributed by atoms with E-state index in [1.54, 1.807) is 17.4 Å². The van der Waals surface area contributed by atoms with Crippen LogP contribution in [0.3, 0.4) is 0 Å². The molecule has 0 saturated carbocycles. The predicted molar refractivity (Wildman–Crippen MR) is 67.2 cm³/mol. The van der Waals surface area contributed by atoms with Crippen molar-refractivity contribution in [3.8, 4) is 0 Å². The largest absolute Gasteiger partial charge is 0.448 e. The van der Waals surface area contributed by atoms with Crippen LogP contribution in [-0.4, -0.2) is 24.8 Å². The number of nitrogens with two attached hydrogens (primary N) is 2. The van der Waals surface area contributed by atoms with Gasteiger partial charge in [0.15, 0.2) is 0 Å². The molecule has 1 rings (SSSR count). The van der Waals surface area contributed by atoms with E-state index in [0.717, 1.165) is 5.56 Å². The summed E-state index contributed by atoms with van der Waals surface area (Å²) in [5.74, 6) is 0. The van der Waals surface area contributed by atoms with E-state index in [-0.39, 0.29) is 12.6 Å². The minimum absolute atomic E-state index is 0.0122. The Morgan fingerprint density at radius 2 is 1.94 bits per heavy atom. The second kappa shape index (κ2) is 6.83. The number of imide groups is 1. The molecule has 0 saturated heterocycles. The maximum absolute atomic E-state index is 10.9. The first-order valence-electron chi connectivity index (χ1n) is 5.20. The maximum atomic E-state index is 10.9. The van der Waals surface area contributed by atoms with Gasteiger partial charge in [-0.05, 0) is 24.1 Å². The molecule has 1 unspecified atom stereocenters. The number of hydrogen-bond donors (Lipinski definition) is 3. The van der Waals surface area contributed by atoms with Crippen LogP contribution in [0.25, 0.3) is 0 Å². The Kier molecular flexibility index (Phi) is 5.41. The van der Waals surface area contributed by atoms with Gasteiger partial charge < -0.3 is 16.2 Å². The minimum Gasteiger partial charge on any atom is -0.448 e. The minimum atomic E-state index is -0.966. The zero-order valence-corrected chi connectivity index (χ0v) is 10.3. The van der Waals surface area contributed by atoms with Crippen LogP contribution in [0, 0.1) is 0 Å². The molecule has 0 aromatic heterocycles. The van der Waals surface area contributed by atoms with Crippen molar-refractivity contribution < 1.29 is 14.3 Å². The fourth-order valence-corrected chi connectivity index (χ4v) is 1.43. The van der Waals surface area contributed by atoms with Gasteiger partial charge in [0.05, 0.1) is 0 Å². The van der Waals surface area contributed by atoms with Gasteiger partial charge in [-0.2, -0.15) is 0 Å². The number of hydrogen-bond acceptors (Lipinski definition) is 4. The molecule has 1 aromatic rings. The fraction of sp³-hybridized carbons (Fsp3) is 0.273. The number of ether oxygens (including phenoxy) is 1. The molecule has 0 heterocycles. The van der Waals surface area contributed by atoms with Crippen LogP contribution in [0.5, 0.6) is 0 Å². The molecule has 0 fully saturated rings. The van der Waals surface area contributed by atoms with Crippen LogP contribution in [0.15, 0.2) is 24.3 Å². The van der Waals surface area contributed by atoms with Crippen LogP contribution in [0.1, 0.15) is 5.56 Å². The van der Waals surface area contributed by atoms with Gasteiger partial charge in [0.2, 0.25) is 0 Å². The highest BCUT2D eigenvalue weighted by atomic mass is 35.5. The van der Waals surface area contributed by atoms with Gasteiger partial charge in [0, 0.05) is 11.1 Å². The number of urea groups is 1. The third-order valence-corrected chi connectivity index (χ3v) is 2.32. The van der Waals surface area contributed by atoms with Crippen LogP contribution in [0.4, 0.5) is 9.59 Å². The molecule has 1 aromatic carbocycles. The zero-order chi connectivity index (χ0) is 13.5. The molecule has 5 N–H and O–H groups in total. The van der Waals surface area contributed by atoms with Gasteiger partial charge in [-0.25, -0.2) is 14.9 Å². The quantitative estimate of drug-likeness (QED) is 0.759. The Balaban J connectivity index is 2.33. The average Bonchev–Trinajstić information content (AvgIpc) is 2.29. The Morgan fingerprint density at radius 1 is 1.33 bits per heavy atom. The highest BCUT2D eigenvalue weighted by Crippen LogP contribution is 2.10. The Hall–Kier alpha value is -1.79. The maximum Gasteiger partial charge on any atom is 0.415 e. The number of amides is 3. The first-order valence-corrected chi connectivity index (χ1v) is 5.58. The third-order valence-electron chi connectivity index (χ3n) is 2.06. The van der Waals surface area contributed by atoms with E-state index >= 15 is 0 Å². The Labute approximate surface area is 109 Å². The lowest BCUT2D eigenvalue weighted by atomic mass is 10.1. The standard InChI is InChI=1S/C11H14ClN3O3/c12-8-3-1-7(2-4-8)5-9(13)6-18-11(17)15-10(14)16/h1-4,9H,5-6,13H2,(H3,14,15,16,17). The van der Waals surface area contributed by atoms with Crippen molar-refractivity contribution in [2.45, 2.75) is 12.5 Å². The Bertz CT molecular complexity index is 422. The lowest BCUT2D eigenvalue weighted by Gasteiger charge is -2.12. The highest BCUT2D eigenvalue weighted by molar-refractivity contribution is 6.30. The van der Waals surface area contributed by atoms with Crippen molar-refractivity contribution in [2.24, 2.45) is 11.5 Å². The molecular weight excluding hydrogens is 258 g/mol. The molecule has 18 heavy (non-hydrogen) atoms. The molecule has 6 nitrogen and oxygen atoms in total. The summed E-state index contributed by atoms with van der Waals surface area (Å²) in [6, 6.07) is 5.85. The number of alkyl carbamates (subject to hydrolysis) is 1. The summed E-state index contributed by atoms with van der Waals surface area (Å²) in [6.07, 6.45) is -0.379. The first kappa shape index (κ1) is 14.3. The molecule has 0 aliphatic carbocycles. The molecule has 98 valence electrons. The van der Waals surface area contributed by atoms with E-state index in [1.807, 2.05) is 12.1 Å². The topological polar surface area (TPSA) is 107 Å². The number of rotatable bonds is 4. The third kappa shape index (κ3) is 5.51. The molecule has 1 atom stereocenters. The van der Waals surface area contributed by atoms with E-state index in [9.17, 15) is 9.59 Å². The van der Waals surface area contributed by atoms with Gasteiger partial charge in [-0.3, -0.25) is 0 Å². The molecule has 7 heteroatoms. The second-order valence-corrected chi connectivity index (χ2v) is 4.11. The molecule has 0 aliphatic rings. The SMILES string of the molecule is NC(=O)NC(=O)OCC(N)Cc1ccc(Cl)cc1. The van der Waals surface area contributed by atoms with Crippen LogP contribution in [-0.2, 0) is 11.2 Å². The first-order chi connectivity index (χ1) is 8.47. The normalized spacial score (nSPS) is 11.7. The van der Waals surface area contributed by atoms with Crippen molar-refractivity contribution in [1.82, 2.24) is 5.32 Å². The second-order valence-electron chi connectivity index (χ2n) is 3.68. The lowest BCUT2D eigenvalue weighted by molar-refractivity contribution is 0.140. The van der Waals surface area contributed by atoms with Crippen molar-refractivity contribution in [3.05, 3.63) is 34.9 Å². The number of carbonyl (C=O) groups excluding carboxylic acids is 2. The van der Waals surface area contributed by atoms with Gasteiger partial charge >= 0.3 is 12.1 Å². The number of benzene rings is 1. The van der Waals surface area contributed by atoms with E-state index in [4.69, 9.17) is 27.8 Å². The summed E-state index contributed by atoms with van der Waals surface area (Å²) in [6.45, 7) is -0.0122. The lowest BCUT2D eigenvalue weighted by Crippen LogP contribution is -2.38. The van der Waals surface area contributed by atoms with Gasteiger partial charge in [0.1, 0.15) is 6.61 Å². The number of halogens is 1. The smallest absolute Gasteiger partial charge is 0.415 e. The number of primary amides is 1.